The minimum Gasteiger partial charge on any atom is -0.450 e. The molecule has 0 saturated carbocycles. The summed E-state index contributed by atoms with van der Waals surface area (Å²) in [7, 11) is 0. The van der Waals surface area contributed by atoms with Crippen molar-refractivity contribution in [2.45, 2.75) is 20.4 Å². The summed E-state index contributed by atoms with van der Waals surface area (Å²) in [4.78, 5) is 10.8. The van der Waals surface area contributed by atoms with E-state index in [9.17, 15) is 10.1 Å². The zero-order valence-electron chi connectivity index (χ0n) is 11.7. The van der Waals surface area contributed by atoms with Gasteiger partial charge in [0.1, 0.15) is 5.75 Å². The summed E-state index contributed by atoms with van der Waals surface area (Å²) in [5, 5.41) is 11.2. The van der Waals surface area contributed by atoms with Crippen molar-refractivity contribution in [3.8, 4) is 11.5 Å². The second kappa shape index (κ2) is 6.24. The fraction of sp³-hybridized carbons (Fsp3) is 0.200. The summed E-state index contributed by atoms with van der Waals surface area (Å²) in [6.45, 7) is 4.03. The van der Waals surface area contributed by atoms with Crippen LogP contribution in [0.4, 0.5) is 5.69 Å². The van der Waals surface area contributed by atoms with Crippen molar-refractivity contribution < 1.29 is 9.66 Å². The van der Waals surface area contributed by atoms with E-state index in [2.05, 4.69) is 15.9 Å². The van der Waals surface area contributed by atoms with Gasteiger partial charge in [-0.2, -0.15) is 0 Å². The number of rotatable bonds is 4. The Balaban J connectivity index is 2.51. The summed E-state index contributed by atoms with van der Waals surface area (Å²) < 4.78 is 6.43. The number of nitrogens with two attached hydrogens (primary N) is 1. The molecule has 2 rings (SSSR count). The van der Waals surface area contributed by atoms with E-state index in [1.807, 2.05) is 19.1 Å². The predicted octanol–water partition coefficient (Wildman–Crippen LogP) is 4.23. The number of ether oxygens (including phenoxy) is 1. The van der Waals surface area contributed by atoms with Gasteiger partial charge in [-0.15, -0.1) is 0 Å². The highest BCUT2D eigenvalue weighted by molar-refractivity contribution is 9.10. The minimum absolute atomic E-state index is 0.0783. The second-order valence-corrected chi connectivity index (χ2v) is 5.66. The lowest BCUT2D eigenvalue weighted by Gasteiger charge is -2.13. The first-order valence-electron chi connectivity index (χ1n) is 6.34. The minimum atomic E-state index is -0.455. The molecule has 2 aromatic rings. The third-order valence-corrected chi connectivity index (χ3v) is 3.52. The molecular weight excluding hydrogens is 336 g/mol. The molecule has 0 heterocycles. The lowest BCUT2D eigenvalue weighted by molar-refractivity contribution is -0.385. The maximum absolute atomic E-state index is 11.2. The number of nitrogens with zero attached hydrogens (tertiary/aromatic N) is 1. The Kier molecular flexibility index (Phi) is 4.59. The van der Waals surface area contributed by atoms with Gasteiger partial charge in [0.05, 0.1) is 4.92 Å². The molecule has 110 valence electrons. The quantitative estimate of drug-likeness (QED) is 0.661. The molecule has 2 N–H and O–H groups in total. The normalized spacial score (nSPS) is 10.5. The van der Waals surface area contributed by atoms with E-state index in [0.29, 0.717) is 22.3 Å². The molecule has 0 amide bonds. The van der Waals surface area contributed by atoms with Gasteiger partial charge >= 0.3 is 5.69 Å². The molecule has 0 saturated heterocycles. The van der Waals surface area contributed by atoms with Crippen molar-refractivity contribution in [3.63, 3.8) is 0 Å². The molecule has 0 spiro atoms. The van der Waals surface area contributed by atoms with E-state index < -0.39 is 4.92 Å². The SMILES string of the molecule is Cc1ccc(Oc2c(C)cc(Br)cc2[N+](=O)[O-])c(CN)c1. The van der Waals surface area contributed by atoms with Crippen molar-refractivity contribution in [3.05, 3.63) is 61.6 Å². The largest absolute Gasteiger partial charge is 0.450 e. The van der Waals surface area contributed by atoms with Crippen LogP contribution in [0.3, 0.4) is 0 Å². The lowest BCUT2D eigenvalue weighted by Crippen LogP contribution is -2.02. The van der Waals surface area contributed by atoms with E-state index in [4.69, 9.17) is 10.5 Å². The standard InChI is InChI=1S/C15H15BrN2O3/c1-9-3-4-14(11(5-9)8-17)21-15-10(2)6-12(16)7-13(15)18(19)20/h3-7H,8,17H2,1-2H3. The second-order valence-electron chi connectivity index (χ2n) is 4.75. The maximum Gasteiger partial charge on any atom is 0.312 e. The number of hydrogen-bond donors (Lipinski definition) is 1. The average molecular weight is 351 g/mol. The van der Waals surface area contributed by atoms with Crippen molar-refractivity contribution in [2.75, 3.05) is 0 Å². The van der Waals surface area contributed by atoms with E-state index in [1.54, 1.807) is 19.1 Å². The van der Waals surface area contributed by atoms with Gasteiger partial charge in [-0.3, -0.25) is 10.1 Å². The van der Waals surface area contributed by atoms with Crippen LogP contribution in [0.2, 0.25) is 0 Å². The van der Waals surface area contributed by atoms with Crippen LogP contribution in [0.1, 0.15) is 16.7 Å². The van der Waals surface area contributed by atoms with Gasteiger partial charge in [0, 0.05) is 22.6 Å². The van der Waals surface area contributed by atoms with Gasteiger partial charge in [-0.1, -0.05) is 33.6 Å². The number of benzene rings is 2. The molecule has 0 atom stereocenters. The van der Waals surface area contributed by atoms with Crippen LogP contribution in [-0.2, 0) is 6.54 Å². The Bertz CT molecular complexity index is 702. The van der Waals surface area contributed by atoms with Crippen LogP contribution in [0.5, 0.6) is 11.5 Å². The predicted molar refractivity (Wildman–Crippen MR) is 84.7 cm³/mol. The molecule has 0 bridgehead atoms. The van der Waals surface area contributed by atoms with Crippen molar-refractivity contribution in [2.24, 2.45) is 5.73 Å². The highest BCUT2D eigenvalue weighted by Crippen LogP contribution is 2.38. The summed E-state index contributed by atoms with van der Waals surface area (Å²) in [5.74, 6) is 0.776. The van der Waals surface area contributed by atoms with E-state index >= 15 is 0 Å². The molecule has 0 aliphatic rings. The number of halogens is 1. The fourth-order valence-electron chi connectivity index (χ4n) is 2.06. The van der Waals surface area contributed by atoms with Gasteiger partial charge in [-0.05, 0) is 31.5 Å². The van der Waals surface area contributed by atoms with Gasteiger partial charge < -0.3 is 10.5 Å². The molecule has 0 aromatic heterocycles. The first-order chi connectivity index (χ1) is 9.92. The van der Waals surface area contributed by atoms with Gasteiger partial charge in [0.2, 0.25) is 5.75 Å². The smallest absolute Gasteiger partial charge is 0.312 e. The topological polar surface area (TPSA) is 78.4 Å². The average Bonchev–Trinajstić information content (AvgIpc) is 2.42. The zero-order valence-corrected chi connectivity index (χ0v) is 13.3. The maximum atomic E-state index is 11.2. The Morgan fingerprint density at radius 2 is 2.00 bits per heavy atom. The van der Waals surface area contributed by atoms with E-state index in [0.717, 1.165) is 11.1 Å². The van der Waals surface area contributed by atoms with Crippen molar-refractivity contribution in [1.29, 1.82) is 0 Å². The third-order valence-electron chi connectivity index (χ3n) is 3.06. The fourth-order valence-corrected chi connectivity index (χ4v) is 2.62. The first-order valence-corrected chi connectivity index (χ1v) is 7.13. The summed E-state index contributed by atoms with van der Waals surface area (Å²) in [6.07, 6.45) is 0. The first kappa shape index (κ1) is 15.5. The van der Waals surface area contributed by atoms with Crippen LogP contribution < -0.4 is 10.5 Å². The van der Waals surface area contributed by atoms with E-state index in [1.165, 1.54) is 6.07 Å². The molecule has 0 aliphatic heterocycles. The van der Waals surface area contributed by atoms with Gasteiger partial charge in [-0.25, -0.2) is 0 Å². The number of hydrogen-bond acceptors (Lipinski definition) is 4. The van der Waals surface area contributed by atoms with Crippen molar-refractivity contribution >= 4 is 21.6 Å². The van der Waals surface area contributed by atoms with Crippen LogP contribution in [-0.4, -0.2) is 4.92 Å². The molecule has 0 aliphatic carbocycles. The number of nitro groups is 1. The summed E-state index contributed by atoms with van der Waals surface area (Å²) in [6, 6.07) is 8.78. The van der Waals surface area contributed by atoms with E-state index in [-0.39, 0.29) is 11.4 Å². The Hall–Kier alpha value is -1.92. The Morgan fingerprint density at radius 1 is 1.29 bits per heavy atom. The molecule has 6 heteroatoms. The van der Waals surface area contributed by atoms with Crippen LogP contribution in [0, 0.1) is 24.0 Å². The Morgan fingerprint density at radius 3 is 2.62 bits per heavy atom. The Labute approximate surface area is 131 Å². The van der Waals surface area contributed by atoms with Crippen LogP contribution in [0.25, 0.3) is 0 Å². The monoisotopic (exact) mass is 350 g/mol. The molecular formula is C15H15BrN2O3. The molecule has 21 heavy (non-hydrogen) atoms. The molecule has 0 radical (unpaired) electrons. The zero-order chi connectivity index (χ0) is 15.6. The summed E-state index contributed by atoms with van der Waals surface area (Å²) >= 11 is 3.26. The van der Waals surface area contributed by atoms with Crippen LogP contribution in [0.15, 0.2) is 34.8 Å². The molecule has 2 aromatic carbocycles. The number of aryl methyl sites for hydroxylation is 2. The van der Waals surface area contributed by atoms with Crippen molar-refractivity contribution in [1.82, 2.24) is 0 Å². The molecule has 0 unspecified atom stereocenters. The highest BCUT2D eigenvalue weighted by Gasteiger charge is 2.20. The van der Waals surface area contributed by atoms with Gasteiger partial charge in [0.25, 0.3) is 0 Å². The van der Waals surface area contributed by atoms with Gasteiger partial charge in [0.15, 0.2) is 0 Å². The van der Waals surface area contributed by atoms with Crippen LogP contribution >= 0.6 is 15.9 Å². The highest BCUT2D eigenvalue weighted by atomic mass is 79.9. The lowest BCUT2D eigenvalue weighted by atomic mass is 10.1. The summed E-state index contributed by atoms with van der Waals surface area (Å²) in [5.41, 5.74) is 8.19. The molecule has 5 nitrogen and oxygen atoms in total. The number of nitro benzene ring substituents is 1. The molecule has 0 fully saturated rings. The third kappa shape index (κ3) is 3.40.